The molecular formula is C11H28N2O2+2. The van der Waals surface area contributed by atoms with Crippen molar-refractivity contribution in [2.75, 3.05) is 53.6 Å². The minimum atomic E-state index is 0.842. The molecule has 4 nitrogen and oxygen atoms in total. The van der Waals surface area contributed by atoms with E-state index in [4.69, 9.17) is 9.47 Å². The summed E-state index contributed by atoms with van der Waals surface area (Å²) in [5.74, 6) is 0. The van der Waals surface area contributed by atoms with Crippen LogP contribution in [-0.4, -0.2) is 53.6 Å². The topological polar surface area (TPSA) is 50.5 Å². The fraction of sp³-hybridized carbons (Fsp3) is 1.00. The normalized spacial score (nSPS) is 11.2. The molecule has 0 spiro atoms. The van der Waals surface area contributed by atoms with Crippen LogP contribution in [0.4, 0.5) is 0 Å². The summed E-state index contributed by atoms with van der Waals surface area (Å²) < 4.78 is 10.2. The van der Waals surface area contributed by atoms with Crippen molar-refractivity contribution in [1.82, 2.24) is 0 Å². The first-order valence-electron chi connectivity index (χ1n) is 5.95. The zero-order chi connectivity index (χ0) is 11.4. The van der Waals surface area contributed by atoms with E-state index in [0.29, 0.717) is 0 Å². The van der Waals surface area contributed by atoms with Gasteiger partial charge in [-0.3, -0.25) is 0 Å². The van der Waals surface area contributed by atoms with Crippen molar-refractivity contribution >= 4 is 0 Å². The highest BCUT2D eigenvalue weighted by molar-refractivity contribution is 4.39. The standard InChI is InChI=1S/C11H26N2O2/c1-14-10-8-13(9-11-15-2)7-5-3-4-6-12/h3-12H2,1-2H3/p+2. The average Bonchev–Trinajstić information content (AvgIpc) is 2.27. The van der Waals surface area contributed by atoms with E-state index in [-0.39, 0.29) is 0 Å². The fourth-order valence-corrected chi connectivity index (χ4v) is 1.60. The number of unbranched alkanes of at least 4 members (excludes halogenated alkanes) is 2. The first kappa shape index (κ1) is 14.8. The number of hydrogen-bond acceptors (Lipinski definition) is 2. The van der Waals surface area contributed by atoms with Crippen LogP contribution in [0, 0.1) is 0 Å². The van der Waals surface area contributed by atoms with Gasteiger partial charge in [0.25, 0.3) is 0 Å². The molecule has 0 amide bonds. The van der Waals surface area contributed by atoms with Crippen LogP contribution >= 0.6 is 0 Å². The molecule has 0 heterocycles. The molecule has 92 valence electrons. The number of ether oxygens (including phenoxy) is 2. The summed E-state index contributed by atoms with van der Waals surface area (Å²) >= 11 is 0. The largest absolute Gasteiger partial charge is 0.379 e. The first-order valence-corrected chi connectivity index (χ1v) is 5.95. The van der Waals surface area contributed by atoms with E-state index < -0.39 is 0 Å². The monoisotopic (exact) mass is 220 g/mol. The van der Waals surface area contributed by atoms with Gasteiger partial charge in [0.05, 0.1) is 26.3 Å². The molecule has 0 bridgehead atoms. The van der Waals surface area contributed by atoms with Gasteiger partial charge in [0.15, 0.2) is 0 Å². The van der Waals surface area contributed by atoms with Gasteiger partial charge in [-0.15, -0.1) is 0 Å². The van der Waals surface area contributed by atoms with Gasteiger partial charge in [0.1, 0.15) is 13.1 Å². The molecule has 0 aliphatic carbocycles. The smallest absolute Gasteiger partial charge is 0.101 e. The minimum absolute atomic E-state index is 0.842. The van der Waals surface area contributed by atoms with Crippen molar-refractivity contribution in [3.8, 4) is 0 Å². The third kappa shape index (κ3) is 10.1. The lowest BCUT2D eigenvalue weighted by molar-refractivity contribution is -0.901. The Bertz CT molecular complexity index is 115. The molecule has 0 aromatic heterocycles. The lowest BCUT2D eigenvalue weighted by Crippen LogP contribution is -3.13. The van der Waals surface area contributed by atoms with Crippen LogP contribution in [0.1, 0.15) is 19.3 Å². The first-order chi connectivity index (χ1) is 7.35. The second-order valence-corrected chi connectivity index (χ2v) is 3.90. The Morgan fingerprint density at radius 3 is 1.93 bits per heavy atom. The molecule has 0 radical (unpaired) electrons. The van der Waals surface area contributed by atoms with Crippen molar-refractivity contribution in [1.29, 1.82) is 0 Å². The zero-order valence-electron chi connectivity index (χ0n) is 10.4. The van der Waals surface area contributed by atoms with Gasteiger partial charge in [-0.1, -0.05) is 0 Å². The SMILES string of the molecule is COCC[NH+](CCCCC[NH3+])CCOC. The van der Waals surface area contributed by atoms with E-state index in [0.717, 1.165) is 32.8 Å². The van der Waals surface area contributed by atoms with Gasteiger partial charge in [-0.2, -0.15) is 0 Å². The number of nitrogens with one attached hydrogen (secondary N) is 1. The third-order valence-corrected chi connectivity index (χ3v) is 2.60. The van der Waals surface area contributed by atoms with Crippen molar-refractivity contribution in [2.45, 2.75) is 19.3 Å². The van der Waals surface area contributed by atoms with Gasteiger partial charge < -0.3 is 20.1 Å². The summed E-state index contributed by atoms with van der Waals surface area (Å²) in [5.41, 5.74) is 3.85. The zero-order valence-corrected chi connectivity index (χ0v) is 10.4. The van der Waals surface area contributed by atoms with Gasteiger partial charge in [-0.25, -0.2) is 0 Å². The van der Waals surface area contributed by atoms with Crippen LogP contribution in [0.25, 0.3) is 0 Å². The second kappa shape index (κ2) is 11.9. The fourth-order valence-electron chi connectivity index (χ4n) is 1.60. The Labute approximate surface area is 93.7 Å². The van der Waals surface area contributed by atoms with E-state index in [9.17, 15) is 0 Å². The summed E-state index contributed by atoms with van der Waals surface area (Å²) in [6, 6.07) is 0. The van der Waals surface area contributed by atoms with E-state index in [1.807, 2.05) is 0 Å². The molecule has 0 unspecified atom stereocenters. The van der Waals surface area contributed by atoms with Crippen LogP contribution in [0.2, 0.25) is 0 Å². The minimum Gasteiger partial charge on any atom is -0.379 e. The third-order valence-electron chi connectivity index (χ3n) is 2.60. The molecular weight excluding hydrogens is 192 g/mol. The molecule has 0 saturated carbocycles. The maximum Gasteiger partial charge on any atom is 0.101 e. The maximum atomic E-state index is 5.11. The van der Waals surface area contributed by atoms with Gasteiger partial charge in [0, 0.05) is 14.2 Å². The molecule has 0 fully saturated rings. The molecule has 4 N–H and O–H groups in total. The molecule has 0 atom stereocenters. The summed E-state index contributed by atoms with van der Waals surface area (Å²) in [7, 11) is 3.52. The molecule has 0 rings (SSSR count). The second-order valence-electron chi connectivity index (χ2n) is 3.90. The van der Waals surface area contributed by atoms with Crippen LogP contribution in [0.15, 0.2) is 0 Å². The van der Waals surface area contributed by atoms with Crippen molar-refractivity contribution in [3.05, 3.63) is 0 Å². The maximum absolute atomic E-state index is 5.11. The van der Waals surface area contributed by atoms with Crippen LogP contribution < -0.4 is 10.6 Å². The molecule has 0 aromatic rings. The highest BCUT2D eigenvalue weighted by Gasteiger charge is 2.07. The van der Waals surface area contributed by atoms with Crippen LogP contribution in [0.3, 0.4) is 0 Å². The molecule has 0 aliphatic heterocycles. The van der Waals surface area contributed by atoms with E-state index >= 15 is 0 Å². The van der Waals surface area contributed by atoms with Crippen molar-refractivity contribution in [2.24, 2.45) is 0 Å². The Morgan fingerprint density at radius 2 is 1.47 bits per heavy atom. The molecule has 15 heavy (non-hydrogen) atoms. The Kier molecular flexibility index (Phi) is 11.8. The molecule has 0 aromatic carbocycles. The van der Waals surface area contributed by atoms with E-state index in [2.05, 4.69) is 5.73 Å². The highest BCUT2D eigenvalue weighted by Crippen LogP contribution is 1.88. The van der Waals surface area contributed by atoms with Crippen LogP contribution in [0.5, 0.6) is 0 Å². The number of rotatable bonds is 11. The Morgan fingerprint density at radius 1 is 0.867 bits per heavy atom. The van der Waals surface area contributed by atoms with Gasteiger partial charge in [0.2, 0.25) is 0 Å². The quantitative estimate of drug-likeness (QED) is 0.420. The lowest BCUT2D eigenvalue weighted by Gasteiger charge is -2.18. The summed E-state index contributed by atoms with van der Waals surface area (Å²) in [4.78, 5) is 1.59. The summed E-state index contributed by atoms with van der Waals surface area (Å²) in [5, 5.41) is 0. The number of hydrogen-bond donors (Lipinski definition) is 2. The number of methoxy groups -OCH3 is 2. The number of quaternary nitrogens is 2. The van der Waals surface area contributed by atoms with Crippen LogP contribution in [-0.2, 0) is 9.47 Å². The van der Waals surface area contributed by atoms with Crippen molar-refractivity contribution < 1.29 is 20.1 Å². The highest BCUT2D eigenvalue weighted by atomic mass is 16.5. The Balaban J connectivity index is 3.49. The molecule has 0 aliphatic rings. The predicted molar refractivity (Wildman–Crippen MR) is 60.9 cm³/mol. The van der Waals surface area contributed by atoms with E-state index in [1.54, 1.807) is 19.1 Å². The van der Waals surface area contributed by atoms with Gasteiger partial charge in [-0.05, 0) is 19.3 Å². The Hall–Kier alpha value is -0.160. The average molecular weight is 220 g/mol. The predicted octanol–water partition coefficient (Wildman–Crippen LogP) is -1.42. The van der Waals surface area contributed by atoms with Gasteiger partial charge >= 0.3 is 0 Å². The molecule has 4 heteroatoms. The van der Waals surface area contributed by atoms with E-state index in [1.165, 1.54) is 25.8 Å². The lowest BCUT2D eigenvalue weighted by atomic mass is 10.2. The summed E-state index contributed by atoms with van der Waals surface area (Å²) in [6.45, 7) is 6.15. The molecule has 0 saturated heterocycles. The summed E-state index contributed by atoms with van der Waals surface area (Å²) in [6.07, 6.45) is 3.84. The van der Waals surface area contributed by atoms with Crippen molar-refractivity contribution in [3.63, 3.8) is 0 Å².